The third-order valence-corrected chi connectivity index (χ3v) is 29.2. The lowest BCUT2D eigenvalue weighted by molar-refractivity contribution is -0.148. The lowest BCUT2D eigenvalue weighted by Gasteiger charge is -2.20. The van der Waals surface area contributed by atoms with Gasteiger partial charge in [0.1, 0.15) is 0 Å². The van der Waals surface area contributed by atoms with Crippen molar-refractivity contribution in [2.24, 2.45) is 54.1 Å². The van der Waals surface area contributed by atoms with E-state index in [1.54, 1.807) is 67.6 Å². The summed E-state index contributed by atoms with van der Waals surface area (Å²) in [5.74, 6) is -5.54. The van der Waals surface area contributed by atoms with Crippen molar-refractivity contribution in [2.75, 3.05) is 0 Å². The average molecular weight is 1940 g/mol. The molecule has 11 N–H and O–H groups in total. The molecular weight excluding hydrogens is 1730 g/mol. The maximum atomic E-state index is 11.3. The fourth-order valence-corrected chi connectivity index (χ4v) is 18.3. The Morgan fingerprint density at radius 2 is 0.367 bits per heavy atom. The number of aryl methyl sites for hydroxylation is 8. The van der Waals surface area contributed by atoms with Gasteiger partial charge in [0, 0.05) is 11.1 Å². The van der Waals surface area contributed by atoms with Crippen molar-refractivity contribution >= 4 is 29.8 Å². The molecular formula is C123H206O16. The summed E-state index contributed by atoms with van der Waals surface area (Å²) in [5.41, 5.74) is 22.5. The summed E-state index contributed by atoms with van der Waals surface area (Å²) in [5, 5.41) is 106. The maximum Gasteiger partial charge on any atom is 0.309 e. The Kier molecular flexibility index (Phi) is 55.9. The quantitative estimate of drug-likeness (QED) is 0.0127. The van der Waals surface area contributed by atoms with E-state index in [1.807, 2.05) is 41.5 Å². The van der Waals surface area contributed by atoms with Crippen LogP contribution in [0.1, 0.15) is 498 Å². The number of phenols is 6. The summed E-state index contributed by atoms with van der Waals surface area (Å²) in [6.07, 6.45) is 45.5. The number of phenolic OH excluding ortho intramolecular Hbond substituents is 6. The van der Waals surface area contributed by atoms with E-state index in [0.717, 1.165) is 196 Å². The highest BCUT2D eigenvalue weighted by molar-refractivity contribution is 5.75. The number of carbonyl (C=O) groups is 5. The Balaban J connectivity index is 0.000000869. The van der Waals surface area contributed by atoms with Crippen molar-refractivity contribution in [1.82, 2.24) is 0 Å². The lowest BCUT2D eigenvalue weighted by atomic mass is 9.85. The topological polar surface area (TPSA) is 308 Å². The molecule has 0 fully saturated rings. The number of carboxylic acids is 5. The molecule has 794 valence electrons. The Morgan fingerprint density at radius 3 is 0.576 bits per heavy atom. The minimum atomic E-state index is -0.786. The Morgan fingerprint density at radius 1 is 0.194 bits per heavy atom. The van der Waals surface area contributed by atoms with Crippen LogP contribution in [0, 0.1) is 110 Å². The number of benzene rings is 5. The second-order valence-electron chi connectivity index (χ2n) is 50.9. The van der Waals surface area contributed by atoms with Crippen LogP contribution in [0.2, 0.25) is 0 Å². The molecule has 0 bridgehead atoms. The van der Waals surface area contributed by atoms with E-state index in [0.29, 0.717) is 53.9 Å². The highest BCUT2D eigenvalue weighted by Gasteiger charge is 2.32. The molecule has 0 unspecified atom stereocenters. The lowest BCUT2D eigenvalue weighted by Crippen LogP contribution is -2.23. The summed E-state index contributed by atoms with van der Waals surface area (Å²) in [7, 11) is 0. The normalized spacial score (nSPS) is 12.4. The van der Waals surface area contributed by atoms with Gasteiger partial charge in [0.2, 0.25) is 11.5 Å². The molecule has 5 aromatic rings. The number of carboxylic acid groups (broad SMARTS) is 5. The molecule has 0 saturated heterocycles. The number of aromatic hydroxyl groups is 6. The van der Waals surface area contributed by atoms with Gasteiger partial charge in [-0.25, -0.2) is 0 Å². The first-order valence-corrected chi connectivity index (χ1v) is 53.8. The number of hydrogen-bond acceptors (Lipinski definition) is 11. The van der Waals surface area contributed by atoms with Gasteiger partial charge in [-0.3, -0.25) is 24.0 Å². The number of unbranched alkanes of at least 4 members (excludes halogenated alkanes) is 15. The fraction of sp³-hybridized carbons (Fsp3) is 0.715. The van der Waals surface area contributed by atoms with E-state index in [2.05, 4.69) is 184 Å². The molecule has 0 amide bonds. The second-order valence-corrected chi connectivity index (χ2v) is 50.9. The van der Waals surface area contributed by atoms with Crippen molar-refractivity contribution in [2.45, 2.75) is 517 Å². The molecule has 0 aliphatic rings. The minimum absolute atomic E-state index is 0.210. The third kappa shape index (κ3) is 51.4. The number of rotatable bonds is 55. The smallest absolute Gasteiger partial charge is 0.309 e. The van der Waals surface area contributed by atoms with Crippen LogP contribution in [-0.2, 0) is 88.2 Å². The van der Waals surface area contributed by atoms with Crippen LogP contribution in [0.25, 0.3) is 0 Å². The molecule has 0 aromatic heterocycles. The largest absolute Gasteiger partial charge is 0.504 e. The molecule has 0 saturated carbocycles. The van der Waals surface area contributed by atoms with E-state index in [4.69, 9.17) is 0 Å². The Labute approximate surface area is 847 Å². The molecule has 0 atom stereocenters. The average Bonchev–Trinajstić information content (AvgIpc) is 0.844. The monoisotopic (exact) mass is 1940 g/mol. The van der Waals surface area contributed by atoms with Crippen LogP contribution >= 0.6 is 0 Å². The molecule has 16 heteroatoms. The molecule has 0 spiro atoms. The molecule has 0 aliphatic carbocycles. The predicted molar refractivity (Wildman–Crippen MR) is 583 cm³/mol. The molecule has 5 rings (SSSR count). The van der Waals surface area contributed by atoms with Crippen molar-refractivity contribution in [3.8, 4) is 34.5 Å². The summed E-state index contributed by atoms with van der Waals surface area (Å²) < 4.78 is 0. The number of hydrogen-bond donors (Lipinski definition) is 11. The predicted octanol–water partition coefficient (Wildman–Crippen LogP) is 34.0. The van der Waals surface area contributed by atoms with Crippen molar-refractivity contribution in [3.05, 3.63) is 137 Å². The summed E-state index contributed by atoms with van der Waals surface area (Å²) >= 11 is 0. The second kappa shape index (κ2) is 60.1. The van der Waals surface area contributed by atoms with Crippen LogP contribution in [0.15, 0.2) is 36.4 Å². The zero-order chi connectivity index (χ0) is 107. The Bertz CT molecular complexity index is 4310. The summed E-state index contributed by atoms with van der Waals surface area (Å²) in [6.45, 7) is 70.1. The third-order valence-electron chi connectivity index (χ3n) is 29.2. The zero-order valence-corrected chi connectivity index (χ0v) is 94.7. The van der Waals surface area contributed by atoms with Crippen LogP contribution in [0.5, 0.6) is 34.5 Å². The van der Waals surface area contributed by atoms with E-state index in [-0.39, 0.29) is 33.8 Å². The van der Waals surface area contributed by atoms with E-state index in [9.17, 15) is 80.1 Å². The molecule has 0 aliphatic heterocycles. The van der Waals surface area contributed by atoms with Crippen molar-refractivity contribution in [3.63, 3.8) is 0 Å². The SMILES string of the molecule is CC(C)(C)CCCCc1c(CCCCCC(C)(C)C(=O)O)cc(O)c(O)c1O.CC(C)(C)CCCCc1cc(O)c(O)c(O)c1CCCCCC(C)(C)C(=O)O.Cc1cc(CCCCC(C)(C)C)c(CCCCCC(C)(C)C(=O)O)c(C)c1C.Cc1cc(CCCCCC(C)(C)C(=O)O)c(CCCCC(C)(C)C)c(C)c1C.Cc1ccc(C)c(CCCCC(C)(C)C)c1CCCCCC(C)(C)C(=O)O. The van der Waals surface area contributed by atoms with Gasteiger partial charge >= 0.3 is 29.8 Å². The van der Waals surface area contributed by atoms with Gasteiger partial charge in [0.05, 0.1) is 27.1 Å². The summed E-state index contributed by atoms with van der Waals surface area (Å²) in [4.78, 5) is 56.1. The molecule has 5 aromatic carbocycles. The van der Waals surface area contributed by atoms with Gasteiger partial charge in [0.15, 0.2) is 23.0 Å². The van der Waals surface area contributed by atoms with Crippen LogP contribution in [-0.4, -0.2) is 86.0 Å². The highest BCUT2D eigenvalue weighted by Crippen LogP contribution is 2.45. The van der Waals surface area contributed by atoms with Gasteiger partial charge in [-0.1, -0.05) is 224 Å². The van der Waals surface area contributed by atoms with Gasteiger partial charge < -0.3 is 56.2 Å². The standard InChI is InChI=1S/2C26H44O2.C25H42O2.2C23H38O5/c1-19-18-22(14-11-13-16-25(4,5)6)23(21(3)20(19)2)15-10-9-12-17-26(7,8)24(27)28;1-19-18-22(14-10-9-12-17-26(7,8)24(27)28)23(21(3)20(19)2)15-11-13-16-25(4,5)6;1-19-15-16-20(2)22(14-10-12-17-24(3,4)5)21(19)13-9-8-11-18-25(6,7)23(26)27;1-22(2,3)13-10-8-11-16-15-18(24)20(26)19(25)17(16)12-7-6-9-14-23(4,5)21(27)28;1-22(2,3)13-10-8-12-17-16(15-18(24)20(26)19(17)25)11-7-6-9-14-23(4,5)21(27)28/h2*18H,9-17H2,1-8H3,(H,27,28);15-16H,8-14,17-18H2,1-7H3,(H,26,27);2*15,24-26H,6-14H2,1-5H3,(H,27,28). The van der Waals surface area contributed by atoms with Crippen molar-refractivity contribution in [1.29, 1.82) is 0 Å². The molecule has 0 heterocycles. The number of aliphatic carboxylic acids is 5. The van der Waals surface area contributed by atoms with Gasteiger partial charge in [0.25, 0.3) is 0 Å². The molecule has 16 nitrogen and oxygen atoms in total. The van der Waals surface area contributed by atoms with Gasteiger partial charge in [-0.05, 0) is 445 Å². The molecule has 0 radical (unpaired) electrons. The van der Waals surface area contributed by atoms with E-state index >= 15 is 0 Å². The highest BCUT2D eigenvalue weighted by atomic mass is 16.4. The first kappa shape index (κ1) is 129. The van der Waals surface area contributed by atoms with E-state index in [1.165, 1.54) is 127 Å². The first-order valence-electron chi connectivity index (χ1n) is 53.8. The maximum absolute atomic E-state index is 11.3. The van der Waals surface area contributed by atoms with Crippen molar-refractivity contribution < 1.29 is 80.1 Å². The summed E-state index contributed by atoms with van der Waals surface area (Å²) in [6, 6.07) is 12.5. The van der Waals surface area contributed by atoms with Gasteiger partial charge in [-0.2, -0.15) is 0 Å². The van der Waals surface area contributed by atoms with Crippen LogP contribution in [0.4, 0.5) is 0 Å². The first-order chi connectivity index (χ1) is 63.8. The van der Waals surface area contributed by atoms with E-state index < -0.39 is 68.4 Å². The minimum Gasteiger partial charge on any atom is -0.504 e. The van der Waals surface area contributed by atoms with Crippen LogP contribution < -0.4 is 0 Å². The van der Waals surface area contributed by atoms with Crippen LogP contribution in [0.3, 0.4) is 0 Å². The zero-order valence-electron chi connectivity index (χ0n) is 94.7. The molecule has 139 heavy (non-hydrogen) atoms. The fourth-order valence-electron chi connectivity index (χ4n) is 18.3. The van der Waals surface area contributed by atoms with Gasteiger partial charge in [-0.15, -0.1) is 0 Å². The Hall–Kier alpha value is -7.75.